The van der Waals surface area contributed by atoms with Crippen LogP contribution >= 0.6 is 0 Å². The fourth-order valence-corrected chi connectivity index (χ4v) is 3.45. The van der Waals surface area contributed by atoms with E-state index in [9.17, 15) is 9.59 Å². The molecule has 120 valence electrons. The molecule has 0 aromatic carbocycles. The average Bonchev–Trinajstić information content (AvgIpc) is 2.52. The number of amides is 3. The summed E-state index contributed by atoms with van der Waals surface area (Å²) >= 11 is 0. The fourth-order valence-electron chi connectivity index (χ4n) is 3.45. The number of nitrogens with zero attached hydrogens (tertiary/aromatic N) is 1. The summed E-state index contributed by atoms with van der Waals surface area (Å²) in [4.78, 5) is 25.4. The maximum absolute atomic E-state index is 12.6. The number of piperidine rings is 2. The molecule has 0 bridgehead atoms. The van der Waals surface area contributed by atoms with E-state index in [4.69, 9.17) is 5.73 Å². The van der Waals surface area contributed by atoms with Crippen molar-refractivity contribution in [2.45, 2.75) is 45.1 Å². The van der Waals surface area contributed by atoms with Crippen molar-refractivity contribution in [3.63, 3.8) is 0 Å². The molecule has 3 unspecified atom stereocenters. The van der Waals surface area contributed by atoms with Gasteiger partial charge in [0.05, 0.1) is 6.04 Å². The lowest BCUT2D eigenvalue weighted by Crippen LogP contribution is -2.53. The molecular formula is C15H28N4O2. The number of urea groups is 1. The second-order valence-corrected chi connectivity index (χ2v) is 6.34. The minimum atomic E-state index is -0.488. The second kappa shape index (κ2) is 7.64. The van der Waals surface area contributed by atoms with Crippen LogP contribution in [0.2, 0.25) is 0 Å². The molecule has 2 aliphatic heterocycles. The van der Waals surface area contributed by atoms with Crippen LogP contribution in [0.4, 0.5) is 4.79 Å². The molecule has 2 rings (SSSR count). The van der Waals surface area contributed by atoms with E-state index < -0.39 is 6.03 Å². The summed E-state index contributed by atoms with van der Waals surface area (Å²) in [6, 6.07) is -0.510. The lowest BCUT2D eigenvalue weighted by Gasteiger charge is -2.37. The number of rotatable bonds is 4. The van der Waals surface area contributed by atoms with Gasteiger partial charge < -0.3 is 21.3 Å². The predicted molar refractivity (Wildman–Crippen MR) is 81.7 cm³/mol. The second-order valence-electron chi connectivity index (χ2n) is 6.34. The lowest BCUT2D eigenvalue weighted by molar-refractivity contribution is -0.136. The number of hydrogen-bond acceptors (Lipinski definition) is 3. The van der Waals surface area contributed by atoms with E-state index in [-0.39, 0.29) is 11.9 Å². The third kappa shape index (κ3) is 4.59. The molecule has 2 aliphatic rings. The third-order valence-corrected chi connectivity index (χ3v) is 4.78. The highest BCUT2D eigenvalue weighted by molar-refractivity contribution is 5.82. The molecule has 2 saturated heterocycles. The maximum atomic E-state index is 12.6. The number of likely N-dealkylation sites (tertiary alicyclic amines) is 1. The van der Waals surface area contributed by atoms with E-state index in [0.717, 1.165) is 45.3 Å². The number of hydrogen-bond donors (Lipinski definition) is 3. The normalized spacial score (nSPS) is 30.0. The van der Waals surface area contributed by atoms with Crippen LogP contribution < -0.4 is 16.4 Å². The number of nitrogens with two attached hydrogens (primary N) is 1. The number of primary amides is 1. The number of carbonyl (C=O) groups excluding carboxylic acids is 2. The Morgan fingerprint density at radius 3 is 2.86 bits per heavy atom. The van der Waals surface area contributed by atoms with Crippen LogP contribution in [0.1, 0.15) is 39.0 Å². The molecule has 6 nitrogen and oxygen atoms in total. The van der Waals surface area contributed by atoms with Crippen molar-refractivity contribution in [1.29, 1.82) is 0 Å². The van der Waals surface area contributed by atoms with Gasteiger partial charge in [-0.2, -0.15) is 0 Å². The quantitative estimate of drug-likeness (QED) is 0.712. The minimum Gasteiger partial charge on any atom is -0.352 e. The van der Waals surface area contributed by atoms with Gasteiger partial charge in [-0.25, -0.2) is 4.79 Å². The van der Waals surface area contributed by atoms with Gasteiger partial charge in [-0.05, 0) is 44.1 Å². The molecule has 21 heavy (non-hydrogen) atoms. The molecule has 0 saturated carbocycles. The topological polar surface area (TPSA) is 87.5 Å². The minimum absolute atomic E-state index is 0.0217. The molecule has 6 heteroatoms. The Morgan fingerprint density at radius 2 is 2.14 bits per heavy atom. The van der Waals surface area contributed by atoms with Crippen LogP contribution in [0.15, 0.2) is 0 Å². The van der Waals surface area contributed by atoms with Gasteiger partial charge in [-0.1, -0.05) is 13.3 Å². The first-order valence-corrected chi connectivity index (χ1v) is 8.15. The van der Waals surface area contributed by atoms with Crippen molar-refractivity contribution in [2.75, 3.05) is 26.2 Å². The highest BCUT2D eigenvalue weighted by Crippen LogP contribution is 2.23. The molecule has 2 heterocycles. The maximum Gasteiger partial charge on any atom is 0.312 e. The molecule has 0 radical (unpaired) electrons. The van der Waals surface area contributed by atoms with Gasteiger partial charge in [0.2, 0.25) is 5.91 Å². The van der Waals surface area contributed by atoms with Crippen LogP contribution in [0.5, 0.6) is 0 Å². The Kier molecular flexibility index (Phi) is 5.85. The van der Waals surface area contributed by atoms with Gasteiger partial charge in [0.15, 0.2) is 0 Å². The van der Waals surface area contributed by atoms with E-state index in [1.54, 1.807) is 0 Å². The number of carbonyl (C=O) groups is 2. The Bertz CT molecular complexity index is 375. The van der Waals surface area contributed by atoms with Crippen molar-refractivity contribution in [3.8, 4) is 0 Å². The third-order valence-electron chi connectivity index (χ3n) is 4.78. The number of nitrogens with one attached hydrogen (secondary N) is 2. The summed E-state index contributed by atoms with van der Waals surface area (Å²) in [6.07, 6.45) is 5.32. The molecule has 0 spiro atoms. The Balaban J connectivity index is 1.85. The summed E-state index contributed by atoms with van der Waals surface area (Å²) in [5, 5.41) is 6.02. The molecule has 3 amide bonds. The van der Waals surface area contributed by atoms with Crippen LogP contribution in [-0.2, 0) is 4.79 Å². The standard InChI is InChI=1S/C15H28N4O2/c1-2-11-5-6-17-13(8-11)14(20)19-7-3-4-12(10-19)9-18-15(16)21/h11-13,17H,2-10H2,1H3,(H3,16,18,21). The van der Waals surface area contributed by atoms with Gasteiger partial charge in [-0.3, -0.25) is 4.79 Å². The first kappa shape index (κ1) is 16.1. The Hall–Kier alpha value is -1.30. The molecule has 2 fully saturated rings. The first-order chi connectivity index (χ1) is 10.1. The molecule has 4 N–H and O–H groups in total. The molecule has 0 aliphatic carbocycles. The van der Waals surface area contributed by atoms with Crippen molar-refractivity contribution in [1.82, 2.24) is 15.5 Å². The van der Waals surface area contributed by atoms with Crippen molar-refractivity contribution < 1.29 is 9.59 Å². The summed E-state index contributed by atoms with van der Waals surface area (Å²) in [7, 11) is 0. The van der Waals surface area contributed by atoms with E-state index in [0.29, 0.717) is 18.4 Å². The Labute approximate surface area is 126 Å². The van der Waals surface area contributed by atoms with Crippen molar-refractivity contribution >= 4 is 11.9 Å². The van der Waals surface area contributed by atoms with E-state index >= 15 is 0 Å². The summed E-state index contributed by atoms with van der Waals surface area (Å²) in [5.41, 5.74) is 5.11. The highest BCUT2D eigenvalue weighted by Gasteiger charge is 2.31. The monoisotopic (exact) mass is 296 g/mol. The molecule has 3 atom stereocenters. The average molecular weight is 296 g/mol. The van der Waals surface area contributed by atoms with E-state index in [1.807, 2.05) is 4.90 Å². The van der Waals surface area contributed by atoms with Crippen LogP contribution in [0.25, 0.3) is 0 Å². The van der Waals surface area contributed by atoms with Crippen molar-refractivity contribution in [2.24, 2.45) is 17.6 Å². The molecule has 0 aromatic rings. The van der Waals surface area contributed by atoms with Crippen LogP contribution in [0, 0.1) is 11.8 Å². The van der Waals surface area contributed by atoms with Gasteiger partial charge in [-0.15, -0.1) is 0 Å². The highest BCUT2D eigenvalue weighted by atomic mass is 16.2. The van der Waals surface area contributed by atoms with Gasteiger partial charge in [0, 0.05) is 19.6 Å². The van der Waals surface area contributed by atoms with Crippen LogP contribution in [-0.4, -0.2) is 49.1 Å². The van der Waals surface area contributed by atoms with Gasteiger partial charge >= 0.3 is 6.03 Å². The largest absolute Gasteiger partial charge is 0.352 e. The Morgan fingerprint density at radius 1 is 1.33 bits per heavy atom. The van der Waals surface area contributed by atoms with Crippen molar-refractivity contribution in [3.05, 3.63) is 0 Å². The summed E-state index contributed by atoms with van der Waals surface area (Å²) < 4.78 is 0. The fraction of sp³-hybridized carbons (Fsp3) is 0.867. The molecule has 0 aromatic heterocycles. The van der Waals surface area contributed by atoms with Gasteiger partial charge in [0.1, 0.15) is 0 Å². The lowest BCUT2D eigenvalue weighted by atomic mass is 9.89. The zero-order valence-electron chi connectivity index (χ0n) is 12.9. The van der Waals surface area contributed by atoms with Gasteiger partial charge in [0.25, 0.3) is 0 Å². The SMILES string of the molecule is CCC1CCNC(C(=O)N2CCCC(CNC(N)=O)C2)C1. The zero-order chi connectivity index (χ0) is 15.2. The zero-order valence-corrected chi connectivity index (χ0v) is 12.9. The van der Waals surface area contributed by atoms with E-state index in [2.05, 4.69) is 17.6 Å². The first-order valence-electron chi connectivity index (χ1n) is 8.15. The smallest absolute Gasteiger partial charge is 0.312 e. The summed E-state index contributed by atoms with van der Waals surface area (Å²) in [6.45, 7) is 5.27. The summed E-state index contributed by atoms with van der Waals surface area (Å²) in [5.74, 6) is 1.22. The predicted octanol–water partition coefficient (Wildman–Crippen LogP) is 0.672. The van der Waals surface area contributed by atoms with Crippen LogP contribution in [0.3, 0.4) is 0 Å². The van der Waals surface area contributed by atoms with E-state index in [1.165, 1.54) is 6.42 Å². The molecular weight excluding hydrogens is 268 g/mol.